The van der Waals surface area contributed by atoms with E-state index in [4.69, 9.17) is 0 Å². The third-order valence-electron chi connectivity index (χ3n) is 4.68. The summed E-state index contributed by atoms with van der Waals surface area (Å²) in [6, 6.07) is -0.279. The number of imide groups is 1. The molecule has 32 heavy (non-hydrogen) atoms. The van der Waals surface area contributed by atoms with Crippen molar-refractivity contribution in [2.45, 2.75) is 84.3 Å². The van der Waals surface area contributed by atoms with Gasteiger partial charge in [-0.1, -0.05) is 6.42 Å². The molecular formula is C23H41N5O4. The minimum atomic E-state index is -0.482. The second-order valence-electron chi connectivity index (χ2n) is 10.2. The highest BCUT2D eigenvalue weighted by Gasteiger charge is 2.25. The van der Waals surface area contributed by atoms with Gasteiger partial charge in [0.25, 0.3) is 11.8 Å². The lowest BCUT2D eigenvalue weighted by molar-refractivity contribution is -0.141. The minimum absolute atomic E-state index is 0.0469. The smallest absolute Gasteiger partial charge is 0.254 e. The summed E-state index contributed by atoms with van der Waals surface area (Å²) in [5.74, 6) is -1.42. The number of rotatable bonds is 13. The molecule has 0 saturated heterocycles. The summed E-state index contributed by atoms with van der Waals surface area (Å²) in [6.45, 7) is 13.9. The molecule has 0 fully saturated rings. The number of nitrogens with one attached hydrogen (secondary N) is 4. The second kappa shape index (κ2) is 12.7. The summed E-state index contributed by atoms with van der Waals surface area (Å²) < 4.78 is 0. The van der Waals surface area contributed by atoms with E-state index in [1.165, 1.54) is 0 Å². The Morgan fingerprint density at radius 3 is 2.00 bits per heavy atom. The number of carbonyl (C=O) groups is 4. The Morgan fingerprint density at radius 1 is 0.844 bits per heavy atom. The van der Waals surface area contributed by atoms with Crippen molar-refractivity contribution in [3.05, 3.63) is 12.2 Å². The number of hydrogen-bond donors (Lipinski definition) is 4. The number of carbonyl (C=O) groups excluding carboxylic acids is 4. The molecule has 4 N–H and O–H groups in total. The first-order chi connectivity index (χ1) is 14.8. The SMILES string of the molecule is CC(C)(C)NCCCCC(NC(C)(C)C)C(=O)NCCCNC(=O)CN1C(=O)C=CC1=O. The Hall–Kier alpha value is -2.26. The summed E-state index contributed by atoms with van der Waals surface area (Å²) in [5.41, 5.74) is -0.0920. The molecule has 0 aliphatic carbocycles. The van der Waals surface area contributed by atoms with Gasteiger partial charge in [-0.15, -0.1) is 0 Å². The fraction of sp³-hybridized carbons (Fsp3) is 0.739. The lowest BCUT2D eigenvalue weighted by atomic mass is 10.0. The van der Waals surface area contributed by atoms with Crippen LogP contribution >= 0.6 is 0 Å². The largest absolute Gasteiger partial charge is 0.355 e. The summed E-state index contributed by atoms with van der Waals surface area (Å²) in [6.07, 6.45) is 5.52. The lowest BCUT2D eigenvalue weighted by Crippen LogP contribution is -2.52. The first-order valence-corrected chi connectivity index (χ1v) is 11.4. The summed E-state index contributed by atoms with van der Waals surface area (Å²) in [4.78, 5) is 48.4. The van der Waals surface area contributed by atoms with Crippen LogP contribution in [-0.4, -0.2) is 71.8 Å². The number of unbranched alkanes of at least 4 members (excludes halogenated alkanes) is 1. The zero-order valence-corrected chi connectivity index (χ0v) is 20.5. The predicted molar refractivity (Wildman–Crippen MR) is 125 cm³/mol. The molecule has 9 heteroatoms. The minimum Gasteiger partial charge on any atom is -0.355 e. The van der Waals surface area contributed by atoms with Gasteiger partial charge in [0.15, 0.2) is 0 Å². The average Bonchev–Trinajstić information content (AvgIpc) is 2.96. The van der Waals surface area contributed by atoms with Crippen LogP contribution in [0, 0.1) is 0 Å². The molecule has 0 saturated carbocycles. The Balaban J connectivity index is 2.31. The third-order valence-corrected chi connectivity index (χ3v) is 4.68. The number of amides is 4. The van der Waals surface area contributed by atoms with Gasteiger partial charge in [-0.3, -0.25) is 24.1 Å². The Kier molecular flexibility index (Phi) is 11.0. The second-order valence-corrected chi connectivity index (χ2v) is 10.2. The monoisotopic (exact) mass is 451 g/mol. The van der Waals surface area contributed by atoms with Crippen molar-refractivity contribution in [2.75, 3.05) is 26.2 Å². The van der Waals surface area contributed by atoms with E-state index < -0.39 is 17.7 Å². The summed E-state index contributed by atoms with van der Waals surface area (Å²) in [5, 5.41) is 12.5. The van der Waals surface area contributed by atoms with E-state index in [9.17, 15) is 19.2 Å². The standard InChI is InChI=1S/C23H41N5O4/c1-22(2,3)26-15-8-7-10-17(27-23(4,5)6)21(32)25-14-9-13-24-18(29)16-28-19(30)11-12-20(28)31/h11-12,17,26-27H,7-10,13-16H2,1-6H3,(H,24,29)(H,25,32). The maximum absolute atomic E-state index is 12.7. The molecule has 0 radical (unpaired) electrons. The third kappa shape index (κ3) is 12.0. The van der Waals surface area contributed by atoms with E-state index in [0.717, 1.165) is 42.9 Å². The van der Waals surface area contributed by atoms with Gasteiger partial charge in [0.1, 0.15) is 6.54 Å². The molecule has 1 rings (SSSR count). The Bertz CT molecular complexity index is 673. The van der Waals surface area contributed by atoms with Gasteiger partial charge in [-0.2, -0.15) is 0 Å². The highest BCUT2D eigenvalue weighted by Crippen LogP contribution is 2.09. The molecule has 1 unspecified atom stereocenters. The molecule has 1 aliphatic heterocycles. The van der Waals surface area contributed by atoms with Gasteiger partial charge in [-0.05, 0) is 67.3 Å². The highest BCUT2D eigenvalue weighted by molar-refractivity contribution is 6.14. The maximum atomic E-state index is 12.7. The van der Waals surface area contributed by atoms with Crippen LogP contribution in [0.1, 0.15) is 67.2 Å². The van der Waals surface area contributed by atoms with Crippen molar-refractivity contribution in [3.8, 4) is 0 Å². The van der Waals surface area contributed by atoms with Gasteiger partial charge < -0.3 is 21.3 Å². The van der Waals surface area contributed by atoms with E-state index in [1.54, 1.807) is 0 Å². The van der Waals surface area contributed by atoms with Crippen molar-refractivity contribution in [1.82, 2.24) is 26.2 Å². The number of hydrogen-bond acceptors (Lipinski definition) is 6. The topological polar surface area (TPSA) is 120 Å². The Morgan fingerprint density at radius 2 is 1.44 bits per heavy atom. The van der Waals surface area contributed by atoms with Crippen molar-refractivity contribution in [2.24, 2.45) is 0 Å². The zero-order chi connectivity index (χ0) is 24.4. The van der Waals surface area contributed by atoms with Crippen molar-refractivity contribution >= 4 is 23.6 Å². The highest BCUT2D eigenvalue weighted by atomic mass is 16.2. The molecule has 1 heterocycles. The van der Waals surface area contributed by atoms with Crippen LogP contribution in [0.2, 0.25) is 0 Å². The summed E-state index contributed by atoms with van der Waals surface area (Å²) >= 11 is 0. The van der Waals surface area contributed by atoms with Crippen molar-refractivity contribution < 1.29 is 19.2 Å². The van der Waals surface area contributed by atoms with Crippen LogP contribution in [0.3, 0.4) is 0 Å². The molecule has 0 aromatic rings. The van der Waals surface area contributed by atoms with Crippen LogP contribution in [-0.2, 0) is 19.2 Å². The predicted octanol–water partition coefficient (Wildman–Crippen LogP) is 0.849. The first-order valence-electron chi connectivity index (χ1n) is 11.4. The Labute approximate surface area is 192 Å². The van der Waals surface area contributed by atoms with Crippen molar-refractivity contribution in [1.29, 1.82) is 0 Å². The average molecular weight is 452 g/mol. The molecule has 4 amide bonds. The molecule has 0 spiro atoms. The van der Waals surface area contributed by atoms with Gasteiger partial charge in [0.2, 0.25) is 11.8 Å². The molecular weight excluding hydrogens is 410 g/mol. The maximum Gasteiger partial charge on any atom is 0.254 e. The van der Waals surface area contributed by atoms with Crippen LogP contribution < -0.4 is 21.3 Å². The molecule has 0 bridgehead atoms. The molecule has 1 atom stereocenters. The quantitative estimate of drug-likeness (QED) is 0.243. The van der Waals surface area contributed by atoms with Gasteiger partial charge in [-0.25, -0.2) is 0 Å². The van der Waals surface area contributed by atoms with Crippen LogP contribution in [0.4, 0.5) is 0 Å². The van der Waals surface area contributed by atoms with Crippen LogP contribution in [0.5, 0.6) is 0 Å². The van der Waals surface area contributed by atoms with Gasteiger partial charge in [0.05, 0.1) is 6.04 Å². The normalized spacial score (nSPS) is 15.2. The first kappa shape index (κ1) is 27.8. The summed E-state index contributed by atoms with van der Waals surface area (Å²) in [7, 11) is 0. The lowest BCUT2D eigenvalue weighted by Gasteiger charge is -2.28. The molecule has 0 aromatic heterocycles. The molecule has 1 aliphatic rings. The van der Waals surface area contributed by atoms with Crippen LogP contribution in [0.25, 0.3) is 0 Å². The number of nitrogens with zero attached hydrogens (tertiary/aromatic N) is 1. The van der Waals surface area contributed by atoms with Gasteiger partial charge in [0, 0.05) is 36.3 Å². The van der Waals surface area contributed by atoms with Crippen LogP contribution in [0.15, 0.2) is 12.2 Å². The molecule has 0 aromatic carbocycles. The van der Waals surface area contributed by atoms with Crippen molar-refractivity contribution in [3.63, 3.8) is 0 Å². The van der Waals surface area contributed by atoms with E-state index in [-0.39, 0.29) is 29.6 Å². The molecule has 182 valence electrons. The fourth-order valence-electron chi connectivity index (χ4n) is 3.17. The zero-order valence-electron chi connectivity index (χ0n) is 20.5. The molecule has 9 nitrogen and oxygen atoms in total. The van der Waals surface area contributed by atoms with E-state index >= 15 is 0 Å². The fourth-order valence-corrected chi connectivity index (χ4v) is 3.17. The van der Waals surface area contributed by atoms with E-state index in [0.29, 0.717) is 19.5 Å². The van der Waals surface area contributed by atoms with E-state index in [2.05, 4.69) is 42.0 Å². The van der Waals surface area contributed by atoms with Gasteiger partial charge >= 0.3 is 0 Å². The van der Waals surface area contributed by atoms with E-state index in [1.807, 2.05) is 20.8 Å².